The van der Waals surface area contributed by atoms with Crippen molar-refractivity contribution >= 4 is 28.8 Å². The van der Waals surface area contributed by atoms with Gasteiger partial charge in [-0.05, 0) is 12.8 Å². The van der Waals surface area contributed by atoms with Gasteiger partial charge in [0.1, 0.15) is 0 Å². The van der Waals surface area contributed by atoms with Gasteiger partial charge in [0.2, 0.25) is 0 Å². The van der Waals surface area contributed by atoms with Gasteiger partial charge in [-0.3, -0.25) is 18.5 Å². The molecule has 0 aromatic rings. The second-order valence-electron chi connectivity index (χ2n) is 4.16. The average Bonchev–Trinajstić information content (AvgIpc) is 2.11. The van der Waals surface area contributed by atoms with Crippen LogP contribution in [0.4, 0.5) is 0 Å². The minimum absolute atomic E-state index is 1.11. The van der Waals surface area contributed by atoms with E-state index in [4.69, 9.17) is 34.5 Å². The van der Waals surface area contributed by atoms with Crippen LogP contribution < -0.4 is 0 Å². The van der Waals surface area contributed by atoms with Crippen LogP contribution in [0.25, 0.3) is 0 Å². The van der Waals surface area contributed by atoms with E-state index in [0.29, 0.717) is 0 Å². The quantitative estimate of drug-likeness (QED) is 0.265. The maximum Gasteiger partial charge on any atom is 0.342 e. The highest BCUT2D eigenvalue weighted by molar-refractivity contribution is 7.55. The van der Waals surface area contributed by atoms with Gasteiger partial charge in [-0.25, -0.2) is 0 Å². The molecular formula is C6H15O11P3. The van der Waals surface area contributed by atoms with Gasteiger partial charge in [0, 0.05) is 0 Å². The maximum absolute atomic E-state index is 11.3. The highest BCUT2D eigenvalue weighted by Crippen LogP contribution is 2.58. The molecule has 0 fully saturated rings. The minimum Gasteiger partial charge on any atom is -0.480 e. The number of aliphatic carboxylic acids is 1. The topological polar surface area (TPSA) is 210 Å². The third kappa shape index (κ3) is 6.13. The van der Waals surface area contributed by atoms with Crippen molar-refractivity contribution in [3.63, 3.8) is 0 Å². The molecule has 11 nitrogen and oxygen atoms in total. The van der Waals surface area contributed by atoms with E-state index in [-0.39, 0.29) is 0 Å². The number of hydrogen-bond acceptors (Lipinski definition) is 4. The summed E-state index contributed by atoms with van der Waals surface area (Å²) in [5, 5.41) is 6.01. The molecule has 0 spiro atoms. The molecule has 0 atom stereocenters. The summed E-state index contributed by atoms with van der Waals surface area (Å²) in [7, 11) is -14.9. The summed E-state index contributed by atoms with van der Waals surface area (Å²) in [5.41, 5.74) is 0. The Morgan fingerprint density at radius 2 is 1.10 bits per heavy atom. The molecule has 0 saturated heterocycles. The Bertz CT molecular complexity index is 468. The Balaban J connectivity index is 5.51. The van der Waals surface area contributed by atoms with Gasteiger partial charge in [0.05, 0.1) is 12.3 Å². The molecular weight excluding hydrogens is 341 g/mol. The van der Waals surface area contributed by atoms with Gasteiger partial charge in [-0.1, -0.05) is 0 Å². The molecule has 0 aliphatic carbocycles. The molecule has 0 rings (SSSR count). The lowest BCUT2D eigenvalue weighted by Crippen LogP contribution is -2.40. The van der Waals surface area contributed by atoms with E-state index in [1.807, 2.05) is 0 Å². The molecule has 0 aromatic heterocycles. The zero-order chi connectivity index (χ0) is 16.4. The predicted molar refractivity (Wildman–Crippen MR) is 65.5 cm³/mol. The zero-order valence-corrected chi connectivity index (χ0v) is 12.6. The predicted octanol–water partition coefficient (Wildman–Crippen LogP) is -0.877. The lowest BCUT2D eigenvalue weighted by Gasteiger charge is -2.30. The first kappa shape index (κ1) is 19.9. The Hall–Kier alpha value is -0.0800. The van der Waals surface area contributed by atoms with Gasteiger partial charge < -0.3 is 34.5 Å². The van der Waals surface area contributed by atoms with E-state index < -0.39 is 59.1 Å². The smallest absolute Gasteiger partial charge is 0.342 e. The molecule has 0 heterocycles. The molecule has 120 valence electrons. The van der Waals surface area contributed by atoms with E-state index in [9.17, 15) is 18.5 Å². The lowest BCUT2D eigenvalue weighted by atomic mass is 10.0. The first-order valence-electron chi connectivity index (χ1n) is 4.99. The van der Waals surface area contributed by atoms with Crippen LogP contribution in [-0.2, 0) is 18.5 Å². The van der Waals surface area contributed by atoms with Crippen molar-refractivity contribution < 1.29 is 53.0 Å². The van der Waals surface area contributed by atoms with Crippen LogP contribution in [-0.4, -0.2) is 57.9 Å². The van der Waals surface area contributed by atoms with Crippen LogP contribution in [0.2, 0.25) is 0 Å². The van der Waals surface area contributed by atoms with Gasteiger partial charge >= 0.3 is 28.8 Å². The van der Waals surface area contributed by atoms with Gasteiger partial charge in [-0.15, -0.1) is 0 Å². The fraction of sp³-hybridized carbons (Fsp3) is 0.833. The number of carbonyl (C=O) groups is 1. The van der Waals surface area contributed by atoms with Crippen molar-refractivity contribution in [2.45, 2.75) is 18.0 Å². The Kier molecular flexibility index (Phi) is 6.33. The van der Waals surface area contributed by atoms with Crippen LogP contribution in [0.15, 0.2) is 0 Å². The summed E-state index contributed by atoms with van der Waals surface area (Å²) in [6.07, 6.45) is -4.50. The number of hydrogen-bond donors (Lipinski definition) is 7. The van der Waals surface area contributed by atoms with Crippen molar-refractivity contribution in [3.8, 4) is 0 Å². The SMILES string of the molecule is O=C(O)C(CCP(=O)(O)O)(CCP(=O)(O)O)P(=O)(O)O. The highest BCUT2D eigenvalue weighted by Gasteiger charge is 2.54. The van der Waals surface area contributed by atoms with Gasteiger partial charge in [0.15, 0.2) is 5.16 Å². The molecule has 0 unspecified atom stereocenters. The summed E-state index contributed by atoms with van der Waals surface area (Å²) < 4.78 is 32.8. The Morgan fingerprint density at radius 3 is 1.25 bits per heavy atom. The molecule has 14 heteroatoms. The van der Waals surface area contributed by atoms with E-state index in [1.165, 1.54) is 0 Å². The van der Waals surface area contributed by atoms with Crippen LogP contribution in [0.1, 0.15) is 12.8 Å². The Labute approximate surface area is 113 Å². The van der Waals surface area contributed by atoms with Crippen molar-refractivity contribution in [3.05, 3.63) is 0 Å². The Morgan fingerprint density at radius 1 is 0.800 bits per heavy atom. The summed E-state index contributed by atoms with van der Waals surface area (Å²) >= 11 is 0. The molecule has 0 aliphatic rings. The average molecular weight is 356 g/mol. The van der Waals surface area contributed by atoms with E-state index >= 15 is 0 Å². The fourth-order valence-electron chi connectivity index (χ4n) is 1.42. The molecule has 0 aliphatic heterocycles. The van der Waals surface area contributed by atoms with Crippen molar-refractivity contribution in [1.29, 1.82) is 0 Å². The monoisotopic (exact) mass is 356 g/mol. The molecule has 0 aromatic carbocycles. The van der Waals surface area contributed by atoms with Gasteiger partial charge in [-0.2, -0.15) is 0 Å². The lowest BCUT2D eigenvalue weighted by molar-refractivity contribution is -0.140. The first-order chi connectivity index (χ1) is 8.61. The largest absolute Gasteiger partial charge is 0.480 e. The summed E-state index contributed by atoms with van der Waals surface area (Å²) in [6.45, 7) is 0. The normalized spacial score (nSPS) is 14.3. The van der Waals surface area contributed by atoms with Crippen LogP contribution in [0.3, 0.4) is 0 Å². The van der Waals surface area contributed by atoms with E-state index in [0.717, 1.165) is 0 Å². The second kappa shape index (κ2) is 6.36. The van der Waals surface area contributed by atoms with Crippen LogP contribution in [0.5, 0.6) is 0 Å². The minimum atomic E-state index is -5.42. The molecule has 0 bridgehead atoms. The highest BCUT2D eigenvalue weighted by atomic mass is 31.2. The molecule has 20 heavy (non-hydrogen) atoms. The second-order valence-corrected chi connectivity index (χ2v) is 9.65. The van der Waals surface area contributed by atoms with Gasteiger partial charge in [0.25, 0.3) is 0 Å². The van der Waals surface area contributed by atoms with Crippen molar-refractivity contribution in [2.24, 2.45) is 0 Å². The van der Waals surface area contributed by atoms with Crippen LogP contribution in [0, 0.1) is 0 Å². The fourth-order valence-corrected chi connectivity index (χ4v) is 4.17. The summed E-state index contributed by atoms with van der Waals surface area (Å²) in [5.74, 6) is -2.08. The summed E-state index contributed by atoms with van der Waals surface area (Å²) in [4.78, 5) is 64.0. The first-order valence-corrected chi connectivity index (χ1v) is 10.2. The molecule has 7 N–H and O–H groups in total. The maximum atomic E-state index is 11.3. The number of rotatable bonds is 8. The standard InChI is InChI=1S/C6H15O11P3/c7-5(8)6(20(15,16)17,1-3-18(9,10)11)2-4-19(12,13)14/h1-4H2,(H,7,8)(H2,9,10,11)(H2,12,13,14)(H2,15,16,17). The van der Waals surface area contributed by atoms with Crippen LogP contribution >= 0.6 is 22.8 Å². The third-order valence-corrected chi connectivity index (χ3v) is 5.96. The van der Waals surface area contributed by atoms with E-state index in [1.54, 1.807) is 0 Å². The van der Waals surface area contributed by atoms with Crippen molar-refractivity contribution in [1.82, 2.24) is 0 Å². The molecule has 0 saturated carbocycles. The number of carboxylic acid groups (broad SMARTS) is 1. The summed E-state index contributed by atoms with van der Waals surface area (Å²) in [6, 6.07) is 0. The zero-order valence-electron chi connectivity index (χ0n) is 9.93. The third-order valence-electron chi connectivity index (χ3n) is 2.59. The number of carboxylic acids is 1. The van der Waals surface area contributed by atoms with Crippen molar-refractivity contribution in [2.75, 3.05) is 12.3 Å². The molecule has 0 amide bonds. The molecule has 0 radical (unpaired) electrons. The van der Waals surface area contributed by atoms with E-state index in [2.05, 4.69) is 0 Å².